The van der Waals surface area contributed by atoms with E-state index in [1.165, 1.54) is 11.6 Å². The first-order valence-electron chi connectivity index (χ1n) is 13.6. The number of alkyl halides is 7. The highest BCUT2D eigenvalue weighted by atomic mass is 19.4. The minimum absolute atomic E-state index is 0.403. The number of fused-ring (bicyclic) bond motifs is 2. The molecule has 0 radical (unpaired) electrons. The number of carbonyl (C=O) groups excluding carboxylic acids is 1. The van der Waals surface area contributed by atoms with Gasteiger partial charge in [-0.15, -0.1) is 0 Å². The fourth-order valence-corrected chi connectivity index (χ4v) is 4.82. The van der Waals surface area contributed by atoms with Crippen molar-refractivity contribution in [2.45, 2.75) is 71.5 Å². The number of amides is 1. The van der Waals surface area contributed by atoms with E-state index in [2.05, 4.69) is 6.08 Å². The van der Waals surface area contributed by atoms with Crippen molar-refractivity contribution in [3.8, 4) is 17.2 Å². The molecule has 0 fully saturated rings. The van der Waals surface area contributed by atoms with Crippen molar-refractivity contribution in [1.29, 1.82) is 0 Å². The molecule has 3 rings (SSSR count). The molecule has 3 N–H and O–H groups in total. The maximum Gasteiger partial charge on any atom is 0.452 e. The molecule has 1 aliphatic rings. The fourth-order valence-electron chi connectivity index (χ4n) is 4.82. The van der Waals surface area contributed by atoms with Crippen LogP contribution in [0.15, 0.2) is 65.3 Å². The van der Waals surface area contributed by atoms with Crippen molar-refractivity contribution in [3.63, 3.8) is 0 Å². The maximum atomic E-state index is 15.8. The van der Waals surface area contributed by atoms with Crippen LogP contribution in [0.4, 0.5) is 47.8 Å². The second-order valence-corrected chi connectivity index (χ2v) is 10.8. The highest BCUT2D eigenvalue weighted by Crippen LogP contribution is 2.60. The van der Waals surface area contributed by atoms with E-state index in [1.54, 1.807) is 6.92 Å². The SMILES string of the molecule is CC(C)=CCCC(C)=CCCC(C)=CCN1C(=O)c2cccc(O)c2N(C(F)(C(F)(F)F)C(F)(F)F)c2c(O)cc(O)cc21. The average Bonchev–Trinajstić information content (AvgIpc) is 2.99. The summed E-state index contributed by atoms with van der Waals surface area (Å²) in [6, 6.07) is 3.53. The van der Waals surface area contributed by atoms with Gasteiger partial charge < -0.3 is 20.2 Å². The average molecular weight is 631 g/mol. The first-order chi connectivity index (χ1) is 20.3. The van der Waals surface area contributed by atoms with E-state index in [-0.39, 0.29) is 0 Å². The topological polar surface area (TPSA) is 84.2 Å². The summed E-state index contributed by atoms with van der Waals surface area (Å²) in [4.78, 5) is 13.4. The summed E-state index contributed by atoms with van der Waals surface area (Å²) in [7, 11) is 0. The van der Waals surface area contributed by atoms with Crippen LogP contribution >= 0.6 is 0 Å². The van der Waals surface area contributed by atoms with Crippen molar-refractivity contribution in [3.05, 3.63) is 70.8 Å². The first kappa shape index (κ1) is 34.3. The summed E-state index contributed by atoms with van der Waals surface area (Å²) in [6.07, 6.45) is -4.86. The highest BCUT2D eigenvalue weighted by molar-refractivity contribution is 6.16. The molecule has 0 unspecified atom stereocenters. The summed E-state index contributed by atoms with van der Waals surface area (Å²) in [5.74, 6) is -11.0. The van der Waals surface area contributed by atoms with E-state index in [0.29, 0.717) is 41.5 Å². The van der Waals surface area contributed by atoms with Gasteiger partial charge in [-0.3, -0.25) is 9.69 Å². The zero-order valence-electron chi connectivity index (χ0n) is 24.4. The number of hydrogen-bond donors (Lipinski definition) is 3. The van der Waals surface area contributed by atoms with Crippen LogP contribution < -0.4 is 9.80 Å². The number of carbonyl (C=O) groups is 1. The van der Waals surface area contributed by atoms with E-state index in [1.807, 2.05) is 26.8 Å². The smallest absolute Gasteiger partial charge is 0.452 e. The Labute approximate surface area is 250 Å². The van der Waals surface area contributed by atoms with Gasteiger partial charge in [0, 0.05) is 18.7 Å². The van der Waals surface area contributed by atoms with Crippen LogP contribution in [0.3, 0.4) is 0 Å². The zero-order chi connectivity index (χ0) is 33.2. The van der Waals surface area contributed by atoms with Crippen molar-refractivity contribution >= 4 is 23.0 Å². The van der Waals surface area contributed by atoms with Crippen LogP contribution in [-0.2, 0) is 0 Å². The van der Waals surface area contributed by atoms with E-state index in [9.17, 15) is 46.5 Å². The van der Waals surface area contributed by atoms with E-state index in [4.69, 9.17) is 0 Å². The predicted octanol–water partition coefficient (Wildman–Crippen LogP) is 9.11. The summed E-state index contributed by atoms with van der Waals surface area (Å²) in [5, 5.41) is 31.3. The Kier molecular flexibility index (Phi) is 10.0. The quantitative estimate of drug-likeness (QED) is 0.146. The number of aromatic hydroxyl groups is 3. The number of hydrogen-bond acceptors (Lipinski definition) is 5. The Bertz CT molecular complexity index is 1480. The summed E-state index contributed by atoms with van der Waals surface area (Å²) < 4.78 is 100. The molecule has 0 atom stereocenters. The molecule has 0 spiro atoms. The van der Waals surface area contributed by atoms with Crippen LogP contribution in [0.5, 0.6) is 17.2 Å². The molecule has 0 aromatic heterocycles. The molecule has 1 amide bonds. The molecular weight excluding hydrogens is 597 g/mol. The lowest BCUT2D eigenvalue weighted by atomic mass is 10.0. The fraction of sp³-hybridized carbons (Fsp3) is 0.387. The second-order valence-electron chi connectivity index (χ2n) is 10.8. The number of phenols is 3. The van der Waals surface area contributed by atoms with Crippen LogP contribution in [0, 0.1) is 0 Å². The van der Waals surface area contributed by atoms with Gasteiger partial charge in [0.25, 0.3) is 5.91 Å². The normalized spacial score (nSPS) is 14.8. The molecular formula is C31H33F7N2O4. The molecule has 13 heteroatoms. The number of para-hydroxylation sites is 1. The van der Waals surface area contributed by atoms with Gasteiger partial charge in [0.15, 0.2) is 0 Å². The summed E-state index contributed by atoms with van der Waals surface area (Å²) in [5.41, 5.74) is -1.59. The molecule has 0 saturated carbocycles. The van der Waals surface area contributed by atoms with E-state index in [0.717, 1.165) is 30.5 Å². The van der Waals surface area contributed by atoms with Gasteiger partial charge >= 0.3 is 18.1 Å². The third-order valence-electron chi connectivity index (χ3n) is 7.09. The van der Waals surface area contributed by atoms with Crippen LogP contribution in [0.25, 0.3) is 0 Å². The van der Waals surface area contributed by atoms with Gasteiger partial charge in [0.2, 0.25) is 0 Å². The maximum absolute atomic E-state index is 15.8. The molecule has 1 aliphatic heterocycles. The lowest BCUT2D eigenvalue weighted by Gasteiger charge is -2.41. The minimum atomic E-state index is -6.68. The Hall–Kier alpha value is -4.16. The van der Waals surface area contributed by atoms with Gasteiger partial charge in [-0.25, -0.2) is 0 Å². The Morgan fingerprint density at radius 3 is 1.91 bits per heavy atom. The predicted molar refractivity (Wildman–Crippen MR) is 153 cm³/mol. The molecule has 2 aromatic carbocycles. The summed E-state index contributed by atoms with van der Waals surface area (Å²) in [6.45, 7) is 7.26. The lowest BCUT2D eigenvalue weighted by Crippen LogP contribution is -2.63. The molecule has 240 valence electrons. The van der Waals surface area contributed by atoms with Crippen molar-refractivity contribution in [2.75, 3.05) is 16.3 Å². The molecule has 1 heterocycles. The molecule has 44 heavy (non-hydrogen) atoms. The molecule has 6 nitrogen and oxygen atoms in total. The molecule has 2 aromatic rings. The number of benzene rings is 2. The Morgan fingerprint density at radius 2 is 1.34 bits per heavy atom. The van der Waals surface area contributed by atoms with Gasteiger partial charge in [-0.1, -0.05) is 41.0 Å². The lowest BCUT2D eigenvalue weighted by molar-refractivity contribution is -0.338. The largest absolute Gasteiger partial charge is 0.508 e. The number of halogens is 7. The number of phenolic OH excluding ortho intramolecular Hbond substituents is 3. The third-order valence-corrected chi connectivity index (χ3v) is 7.09. The van der Waals surface area contributed by atoms with Crippen LogP contribution in [-0.4, -0.2) is 45.9 Å². The molecule has 0 saturated heterocycles. The monoisotopic (exact) mass is 630 g/mol. The van der Waals surface area contributed by atoms with Gasteiger partial charge in [-0.05, 0) is 65.5 Å². The number of rotatable bonds is 9. The number of allylic oxidation sites excluding steroid dienone is 5. The number of nitrogens with zero attached hydrogens (tertiary/aromatic N) is 2. The highest BCUT2D eigenvalue weighted by Gasteiger charge is 2.77. The van der Waals surface area contributed by atoms with Gasteiger partial charge in [-0.2, -0.15) is 30.7 Å². The van der Waals surface area contributed by atoms with Crippen molar-refractivity contribution in [2.24, 2.45) is 0 Å². The van der Waals surface area contributed by atoms with Gasteiger partial charge in [0.05, 0.1) is 16.9 Å². The van der Waals surface area contributed by atoms with Crippen molar-refractivity contribution in [1.82, 2.24) is 0 Å². The van der Waals surface area contributed by atoms with Crippen LogP contribution in [0.1, 0.15) is 63.7 Å². The minimum Gasteiger partial charge on any atom is -0.508 e. The second kappa shape index (κ2) is 12.8. The molecule has 0 bridgehead atoms. The van der Waals surface area contributed by atoms with Gasteiger partial charge in [0.1, 0.15) is 22.9 Å². The van der Waals surface area contributed by atoms with E-state index >= 15 is 4.39 Å². The number of anilines is 3. The summed E-state index contributed by atoms with van der Waals surface area (Å²) >= 11 is 0. The van der Waals surface area contributed by atoms with E-state index < -0.39 is 75.4 Å². The third kappa shape index (κ3) is 6.81. The molecule has 0 aliphatic carbocycles. The van der Waals surface area contributed by atoms with Crippen molar-refractivity contribution < 1.29 is 50.8 Å². The standard InChI is InChI=1S/C31H33F7N2O4/c1-18(2)8-5-9-19(3)10-6-11-20(4)14-15-39-23-16-21(41)17-25(43)27(23)40(29(32,30(33,34)35)31(36,37)38)26-22(28(39)44)12-7-13-24(26)42/h7-8,10,12-14,16-17,41-43H,5-6,9,11,15H2,1-4H3. The Balaban J connectivity index is 2.15. The zero-order valence-corrected chi connectivity index (χ0v) is 24.4. The Morgan fingerprint density at radius 1 is 0.773 bits per heavy atom. The first-order valence-corrected chi connectivity index (χ1v) is 13.6. The van der Waals surface area contributed by atoms with Crippen LogP contribution in [0.2, 0.25) is 0 Å².